The van der Waals surface area contributed by atoms with Gasteiger partial charge in [-0.3, -0.25) is 4.79 Å². The number of carbonyl (C=O) groups is 1. The van der Waals surface area contributed by atoms with E-state index in [1.807, 2.05) is 0 Å². The SMILES string of the molecule is O=C(O)CC/C=C\C[C@H](O)/C=C/C=C/C=C\[C@@H](O)C/C=C\C/C=C\CC(F)(F)F. The predicted molar refractivity (Wildman–Crippen MR) is 108 cm³/mol. The van der Waals surface area contributed by atoms with Crippen LogP contribution in [0.25, 0.3) is 0 Å². The van der Waals surface area contributed by atoms with Crippen molar-refractivity contribution in [3.8, 4) is 0 Å². The Morgan fingerprint density at radius 3 is 1.83 bits per heavy atom. The molecule has 0 saturated heterocycles. The fourth-order valence-corrected chi connectivity index (χ4v) is 1.95. The maximum atomic E-state index is 11.9. The van der Waals surface area contributed by atoms with Gasteiger partial charge in [-0.1, -0.05) is 72.9 Å². The van der Waals surface area contributed by atoms with E-state index in [0.29, 0.717) is 25.7 Å². The molecule has 0 aromatic carbocycles. The molecule has 29 heavy (non-hydrogen) atoms. The van der Waals surface area contributed by atoms with E-state index in [9.17, 15) is 28.2 Å². The summed E-state index contributed by atoms with van der Waals surface area (Å²) in [5, 5.41) is 27.9. The first-order valence-corrected chi connectivity index (χ1v) is 9.32. The summed E-state index contributed by atoms with van der Waals surface area (Å²) in [6, 6.07) is 0. The van der Waals surface area contributed by atoms with E-state index in [2.05, 4.69) is 0 Å². The van der Waals surface area contributed by atoms with Crippen molar-refractivity contribution < 1.29 is 33.3 Å². The van der Waals surface area contributed by atoms with Crippen molar-refractivity contribution in [1.82, 2.24) is 0 Å². The molecular formula is C22H29F3O4. The van der Waals surface area contributed by atoms with Crippen molar-refractivity contribution in [2.45, 2.75) is 56.9 Å². The van der Waals surface area contributed by atoms with Crippen molar-refractivity contribution in [2.24, 2.45) is 0 Å². The summed E-state index contributed by atoms with van der Waals surface area (Å²) in [7, 11) is 0. The third-order valence-corrected chi connectivity index (χ3v) is 3.40. The number of halogens is 3. The van der Waals surface area contributed by atoms with Gasteiger partial charge in [0, 0.05) is 6.42 Å². The number of aliphatic hydroxyl groups is 2. The molecule has 0 amide bonds. The molecule has 0 aromatic rings. The Morgan fingerprint density at radius 1 is 0.793 bits per heavy atom. The van der Waals surface area contributed by atoms with Crippen LogP contribution in [0, 0.1) is 0 Å². The molecule has 2 atom stereocenters. The molecule has 0 rings (SSSR count). The van der Waals surface area contributed by atoms with E-state index in [1.54, 1.807) is 60.8 Å². The summed E-state index contributed by atoms with van der Waals surface area (Å²) in [4.78, 5) is 10.3. The smallest absolute Gasteiger partial charge is 0.392 e. The zero-order chi connectivity index (χ0) is 22.0. The van der Waals surface area contributed by atoms with Crippen LogP contribution in [-0.2, 0) is 4.79 Å². The van der Waals surface area contributed by atoms with Crippen molar-refractivity contribution in [3.63, 3.8) is 0 Å². The van der Waals surface area contributed by atoms with Crippen LogP contribution in [0.1, 0.15) is 38.5 Å². The molecule has 0 saturated carbocycles. The van der Waals surface area contributed by atoms with E-state index in [0.717, 1.165) is 6.08 Å². The van der Waals surface area contributed by atoms with Gasteiger partial charge in [0.1, 0.15) is 0 Å². The van der Waals surface area contributed by atoms with Crippen LogP contribution >= 0.6 is 0 Å². The minimum absolute atomic E-state index is 0.0676. The quantitative estimate of drug-likeness (QED) is 0.275. The van der Waals surface area contributed by atoms with Crippen LogP contribution in [0.15, 0.2) is 72.9 Å². The molecule has 7 heteroatoms. The number of allylic oxidation sites excluding steroid dienone is 8. The first-order valence-electron chi connectivity index (χ1n) is 9.32. The standard InChI is InChI=1S/C22H29F3O4/c23-22(24,25)18-12-5-1-2-7-13-19(26)14-8-3-4-9-15-20(27)16-10-6-11-17-21(28)29/h2-10,12,14-15,19-20,26-27H,1,11,13,16-18H2,(H,28,29)/b4-3+,7-2-,10-6-,12-5-,14-8-,15-9+/t19-,20+/m0/s1. The molecule has 0 unspecified atom stereocenters. The zero-order valence-corrected chi connectivity index (χ0v) is 16.2. The van der Waals surface area contributed by atoms with Gasteiger partial charge in [-0.15, -0.1) is 0 Å². The third kappa shape index (κ3) is 21.8. The topological polar surface area (TPSA) is 77.8 Å². The monoisotopic (exact) mass is 414 g/mol. The van der Waals surface area contributed by atoms with Crippen LogP contribution in [0.5, 0.6) is 0 Å². The number of carboxylic acids is 1. The summed E-state index contributed by atoms with van der Waals surface area (Å²) in [5.74, 6) is -0.855. The number of hydrogen-bond acceptors (Lipinski definition) is 3. The molecule has 0 aliphatic carbocycles. The van der Waals surface area contributed by atoms with Gasteiger partial charge in [-0.25, -0.2) is 0 Å². The lowest BCUT2D eigenvalue weighted by atomic mass is 10.2. The van der Waals surface area contributed by atoms with E-state index in [4.69, 9.17) is 5.11 Å². The number of aliphatic hydroxyl groups excluding tert-OH is 2. The molecular weight excluding hydrogens is 385 g/mol. The number of alkyl halides is 3. The van der Waals surface area contributed by atoms with Crippen molar-refractivity contribution in [1.29, 1.82) is 0 Å². The van der Waals surface area contributed by atoms with E-state index in [-0.39, 0.29) is 6.42 Å². The number of aliphatic carboxylic acids is 1. The lowest BCUT2D eigenvalue weighted by Gasteiger charge is -2.00. The highest BCUT2D eigenvalue weighted by Crippen LogP contribution is 2.19. The number of carboxylic acid groups (broad SMARTS) is 1. The molecule has 0 heterocycles. The van der Waals surface area contributed by atoms with Gasteiger partial charge in [0.2, 0.25) is 0 Å². The first-order chi connectivity index (χ1) is 13.7. The minimum atomic E-state index is -4.18. The van der Waals surface area contributed by atoms with E-state index < -0.39 is 30.8 Å². The summed E-state index contributed by atoms with van der Waals surface area (Å²) in [6.45, 7) is 0. The van der Waals surface area contributed by atoms with Gasteiger partial charge >= 0.3 is 12.1 Å². The normalized spacial score (nSPS) is 15.8. The molecule has 4 nitrogen and oxygen atoms in total. The second kappa shape index (κ2) is 16.6. The zero-order valence-electron chi connectivity index (χ0n) is 16.2. The largest absolute Gasteiger partial charge is 0.481 e. The maximum absolute atomic E-state index is 11.9. The maximum Gasteiger partial charge on any atom is 0.392 e. The van der Waals surface area contributed by atoms with Crippen LogP contribution in [0.3, 0.4) is 0 Å². The lowest BCUT2D eigenvalue weighted by molar-refractivity contribution is -0.137. The lowest BCUT2D eigenvalue weighted by Crippen LogP contribution is -2.03. The van der Waals surface area contributed by atoms with Crippen LogP contribution in [0.2, 0.25) is 0 Å². The Kier molecular flexibility index (Phi) is 15.2. The minimum Gasteiger partial charge on any atom is -0.481 e. The Bertz CT molecular complexity index is 614. The average molecular weight is 414 g/mol. The van der Waals surface area contributed by atoms with Crippen molar-refractivity contribution in [2.75, 3.05) is 0 Å². The van der Waals surface area contributed by atoms with Gasteiger partial charge < -0.3 is 15.3 Å². The third-order valence-electron chi connectivity index (χ3n) is 3.40. The summed E-state index contributed by atoms with van der Waals surface area (Å²) in [6.07, 6.45) is 14.4. The summed E-state index contributed by atoms with van der Waals surface area (Å²) >= 11 is 0. The summed E-state index contributed by atoms with van der Waals surface area (Å²) < 4.78 is 35.8. The molecule has 0 fully saturated rings. The van der Waals surface area contributed by atoms with Gasteiger partial charge in [-0.2, -0.15) is 13.2 Å². The highest BCUT2D eigenvalue weighted by atomic mass is 19.4. The Hall–Kier alpha value is -2.38. The fourth-order valence-electron chi connectivity index (χ4n) is 1.95. The van der Waals surface area contributed by atoms with Gasteiger partial charge in [0.25, 0.3) is 0 Å². The summed E-state index contributed by atoms with van der Waals surface area (Å²) in [5.41, 5.74) is 0. The molecule has 0 bridgehead atoms. The Labute approximate surface area is 169 Å². The van der Waals surface area contributed by atoms with Crippen LogP contribution < -0.4 is 0 Å². The predicted octanol–water partition coefficient (Wildman–Crippen LogP) is 5.03. The molecule has 0 aromatic heterocycles. The van der Waals surface area contributed by atoms with E-state index >= 15 is 0 Å². The number of hydrogen-bond donors (Lipinski definition) is 3. The van der Waals surface area contributed by atoms with Gasteiger partial charge in [0.05, 0.1) is 18.6 Å². The highest BCUT2D eigenvalue weighted by Gasteiger charge is 2.24. The van der Waals surface area contributed by atoms with E-state index in [1.165, 1.54) is 6.08 Å². The van der Waals surface area contributed by atoms with Crippen molar-refractivity contribution in [3.05, 3.63) is 72.9 Å². The van der Waals surface area contributed by atoms with Gasteiger partial charge in [0.15, 0.2) is 0 Å². The van der Waals surface area contributed by atoms with Crippen LogP contribution in [0.4, 0.5) is 13.2 Å². The molecule has 0 radical (unpaired) electrons. The van der Waals surface area contributed by atoms with Crippen LogP contribution in [-0.4, -0.2) is 39.7 Å². The van der Waals surface area contributed by atoms with Crippen molar-refractivity contribution >= 4 is 5.97 Å². The Morgan fingerprint density at radius 2 is 1.31 bits per heavy atom. The first kappa shape index (κ1) is 26.6. The molecule has 3 N–H and O–H groups in total. The highest BCUT2D eigenvalue weighted by molar-refractivity contribution is 5.66. The average Bonchev–Trinajstić information content (AvgIpc) is 2.62. The second-order valence-electron chi connectivity index (χ2n) is 6.16. The molecule has 0 aliphatic rings. The second-order valence-corrected chi connectivity index (χ2v) is 6.16. The van der Waals surface area contributed by atoms with Gasteiger partial charge in [-0.05, 0) is 25.7 Å². The number of rotatable bonds is 14. The molecule has 162 valence electrons. The molecule has 0 spiro atoms. The Balaban J connectivity index is 3.94. The molecule has 0 aliphatic heterocycles. The fraction of sp³-hybridized carbons (Fsp3) is 0.409.